The van der Waals surface area contributed by atoms with E-state index in [0.717, 1.165) is 17.5 Å². The molecule has 1 saturated heterocycles. The minimum Gasteiger partial charge on any atom is -0.497 e. The van der Waals surface area contributed by atoms with Gasteiger partial charge in [-0.1, -0.05) is 17.4 Å². The van der Waals surface area contributed by atoms with E-state index >= 15 is 0 Å². The third kappa shape index (κ3) is 5.51. The number of fused-ring (bicyclic) bond motifs is 1. The number of carbonyl (C=O) groups excluding carboxylic acids is 1. The van der Waals surface area contributed by atoms with Crippen LogP contribution in [-0.2, 0) is 19.4 Å². The lowest BCUT2D eigenvalue weighted by atomic mass is 10.2. The molecule has 0 saturated carbocycles. The van der Waals surface area contributed by atoms with E-state index in [-0.39, 0.29) is 29.1 Å². The fraction of sp³-hybridized carbons (Fsp3) is 0.417. The molecule has 10 heteroatoms. The normalized spacial score (nSPS) is 16.0. The molecule has 3 aromatic rings. The average Bonchev–Trinajstić information content (AvgIpc) is 3.51. The first-order chi connectivity index (χ1) is 16.4. The lowest BCUT2D eigenvalue weighted by Gasteiger charge is -2.23. The summed E-state index contributed by atoms with van der Waals surface area (Å²) >= 11 is 1.39. The molecule has 1 amide bonds. The molecule has 0 aliphatic carbocycles. The number of hydrogen-bond donors (Lipinski definition) is 0. The highest BCUT2D eigenvalue weighted by Gasteiger charge is 2.28. The molecular formula is C24H28N2O6S2. The van der Waals surface area contributed by atoms with Crippen molar-refractivity contribution in [3.05, 3.63) is 42.5 Å². The van der Waals surface area contributed by atoms with E-state index in [1.165, 1.54) is 30.6 Å². The largest absolute Gasteiger partial charge is 0.497 e. The predicted octanol–water partition coefficient (Wildman–Crippen LogP) is 4.08. The molecule has 0 N–H and O–H groups in total. The summed E-state index contributed by atoms with van der Waals surface area (Å²) in [6.45, 7) is 3.41. The molecule has 1 unspecified atom stereocenters. The van der Waals surface area contributed by atoms with E-state index in [4.69, 9.17) is 19.2 Å². The zero-order chi connectivity index (χ0) is 24.1. The summed E-state index contributed by atoms with van der Waals surface area (Å²) in [7, 11) is -2.12. The van der Waals surface area contributed by atoms with Crippen LogP contribution in [0.5, 0.6) is 11.5 Å². The highest BCUT2D eigenvalue weighted by atomic mass is 32.2. The van der Waals surface area contributed by atoms with Gasteiger partial charge in [-0.05, 0) is 56.2 Å². The first kappa shape index (κ1) is 24.4. The summed E-state index contributed by atoms with van der Waals surface area (Å²) in [5, 5.41) is 0.518. The van der Waals surface area contributed by atoms with Crippen molar-refractivity contribution in [2.75, 3.05) is 37.5 Å². The van der Waals surface area contributed by atoms with Gasteiger partial charge in [0.2, 0.25) is 5.91 Å². The van der Waals surface area contributed by atoms with E-state index < -0.39 is 9.84 Å². The summed E-state index contributed by atoms with van der Waals surface area (Å²) in [5.74, 6) is 0.633. The second kappa shape index (κ2) is 10.7. The second-order valence-electron chi connectivity index (χ2n) is 7.92. The van der Waals surface area contributed by atoms with E-state index in [1.54, 1.807) is 17.0 Å². The molecule has 1 fully saturated rings. The predicted molar refractivity (Wildman–Crippen MR) is 132 cm³/mol. The van der Waals surface area contributed by atoms with E-state index in [2.05, 4.69) is 0 Å². The SMILES string of the molecule is CCOc1cccc2sc(N(CC3CCCO3)C(=O)CCS(=O)(=O)c3ccc(OC)cc3)nc12. The van der Waals surface area contributed by atoms with Gasteiger partial charge < -0.3 is 14.2 Å². The summed E-state index contributed by atoms with van der Waals surface area (Å²) in [4.78, 5) is 19.7. The fourth-order valence-electron chi connectivity index (χ4n) is 3.84. The average molecular weight is 505 g/mol. The fourth-order valence-corrected chi connectivity index (χ4v) is 6.07. The molecule has 1 atom stereocenters. The first-order valence-electron chi connectivity index (χ1n) is 11.2. The van der Waals surface area contributed by atoms with Gasteiger partial charge in [0.1, 0.15) is 17.0 Å². The Morgan fingerprint density at radius 1 is 1.24 bits per heavy atom. The number of benzene rings is 2. The number of aromatic nitrogens is 1. The summed E-state index contributed by atoms with van der Waals surface area (Å²) in [6.07, 6.45) is 1.53. The first-order valence-corrected chi connectivity index (χ1v) is 13.7. The van der Waals surface area contributed by atoms with Crippen LogP contribution in [0.1, 0.15) is 26.2 Å². The Hall–Kier alpha value is -2.69. The van der Waals surface area contributed by atoms with Gasteiger partial charge >= 0.3 is 0 Å². The molecule has 0 bridgehead atoms. The maximum absolute atomic E-state index is 13.3. The van der Waals surface area contributed by atoms with E-state index in [1.807, 2.05) is 25.1 Å². The quantitative estimate of drug-likeness (QED) is 0.411. The van der Waals surface area contributed by atoms with E-state index in [9.17, 15) is 13.2 Å². The van der Waals surface area contributed by atoms with Crippen LogP contribution in [0, 0.1) is 0 Å². The van der Waals surface area contributed by atoms with Crippen molar-refractivity contribution in [1.82, 2.24) is 4.98 Å². The molecule has 1 aliphatic rings. The van der Waals surface area contributed by atoms with Crippen LogP contribution in [0.25, 0.3) is 10.2 Å². The maximum Gasteiger partial charge on any atom is 0.229 e. The number of ether oxygens (including phenoxy) is 3. The number of amides is 1. The van der Waals surface area contributed by atoms with Gasteiger partial charge in [-0.2, -0.15) is 0 Å². The van der Waals surface area contributed by atoms with Gasteiger partial charge in [-0.3, -0.25) is 9.69 Å². The number of carbonyl (C=O) groups is 1. The molecule has 8 nitrogen and oxygen atoms in total. The lowest BCUT2D eigenvalue weighted by Crippen LogP contribution is -2.38. The second-order valence-corrected chi connectivity index (χ2v) is 11.0. The standard InChI is InChI=1S/C24H28N2O6S2/c1-3-31-20-7-4-8-21-23(20)25-24(33-21)26(16-18-6-5-14-32-18)22(27)13-15-34(28,29)19-11-9-17(30-2)10-12-19/h4,7-12,18H,3,5-6,13-16H2,1-2H3. The molecule has 4 rings (SSSR count). The van der Waals surface area contributed by atoms with Crippen LogP contribution >= 0.6 is 11.3 Å². The monoisotopic (exact) mass is 504 g/mol. The molecule has 2 heterocycles. The summed E-state index contributed by atoms with van der Waals surface area (Å²) in [6, 6.07) is 11.8. The third-order valence-electron chi connectivity index (χ3n) is 5.62. The molecule has 0 spiro atoms. The van der Waals surface area contributed by atoms with E-state index in [0.29, 0.717) is 41.9 Å². The Bertz CT molecular complexity index is 1230. The van der Waals surface area contributed by atoms with Crippen LogP contribution < -0.4 is 14.4 Å². The van der Waals surface area contributed by atoms with Crippen molar-refractivity contribution in [1.29, 1.82) is 0 Å². The molecule has 34 heavy (non-hydrogen) atoms. The van der Waals surface area contributed by atoms with Crippen molar-refractivity contribution in [3.63, 3.8) is 0 Å². The Balaban J connectivity index is 1.56. The molecule has 182 valence electrons. The zero-order valence-corrected chi connectivity index (χ0v) is 20.9. The Kier molecular flexibility index (Phi) is 7.70. The Labute approximate surface area is 203 Å². The molecule has 1 aromatic heterocycles. The van der Waals surface area contributed by atoms with Crippen LogP contribution in [0.2, 0.25) is 0 Å². The highest BCUT2D eigenvalue weighted by molar-refractivity contribution is 7.91. The van der Waals surface area contributed by atoms with Crippen molar-refractivity contribution in [2.45, 2.75) is 37.2 Å². The number of methoxy groups -OCH3 is 1. The summed E-state index contributed by atoms with van der Waals surface area (Å²) in [5.41, 5.74) is 0.695. The van der Waals surface area contributed by atoms with Crippen LogP contribution in [0.15, 0.2) is 47.4 Å². The number of sulfone groups is 1. The topological polar surface area (TPSA) is 95.0 Å². The molecule has 0 radical (unpaired) electrons. The van der Waals surface area contributed by atoms with Crippen LogP contribution in [-0.4, -0.2) is 58.0 Å². The van der Waals surface area contributed by atoms with Crippen LogP contribution in [0.3, 0.4) is 0 Å². The van der Waals surface area contributed by atoms with Gasteiger partial charge in [0.05, 0.1) is 41.7 Å². The number of thiazole rings is 1. The van der Waals surface area contributed by atoms with Gasteiger partial charge in [-0.15, -0.1) is 0 Å². The van der Waals surface area contributed by atoms with Gasteiger partial charge in [0, 0.05) is 13.0 Å². The van der Waals surface area contributed by atoms with Crippen molar-refractivity contribution < 1.29 is 27.4 Å². The Morgan fingerprint density at radius 3 is 2.71 bits per heavy atom. The third-order valence-corrected chi connectivity index (χ3v) is 8.39. The van der Waals surface area contributed by atoms with Gasteiger partial charge in [-0.25, -0.2) is 13.4 Å². The van der Waals surface area contributed by atoms with Crippen molar-refractivity contribution in [3.8, 4) is 11.5 Å². The zero-order valence-electron chi connectivity index (χ0n) is 19.2. The minimum absolute atomic E-state index is 0.0967. The minimum atomic E-state index is -3.63. The highest BCUT2D eigenvalue weighted by Crippen LogP contribution is 2.35. The van der Waals surface area contributed by atoms with Crippen LogP contribution in [0.4, 0.5) is 5.13 Å². The summed E-state index contributed by atoms with van der Waals surface area (Å²) < 4.78 is 43.1. The smallest absolute Gasteiger partial charge is 0.229 e. The van der Waals surface area contributed by atoms with Crippen molar-refractivity contribution in [2.24, 2.45) is 0 Å². The number of anilines is 1. The molecular weight excluding hydrogens is 476 g/mol. The van der Waals surface area contributed by atoms with Gasteiger partial charge in [0.15, 0.2) is 15.0 Å². The van der Waals surface area contributed by atoms with Gasteiger partial charge in [0.25, 0.3) is 0 Å². The molecule has 1 aliphatic heterocycles. The number of para-hydroxylation sites is 1. The number of nitrogens with zero attached hydrogens (tertiary/aromatic N) is 2. The maximum atomic E-state index is 13.3. The molecule has 2 aromatic carbocycles. The van der Waals surface area contributed by atoms with Crippen molar-refractivity contribution >= 4 is 42.4 Å². The number of rotatable bonds is 10. The number of hydrogen-bond acceptors (Lipinski definition) is 8. The Morgan fingerprint density at radius 2 is 2.03 bits per heavy atom. The lowest BCUT2D eigenvalue weighted by molar-refractivity contribution is -0.118.